The van der Waals surface area contributed by atoms with Gasteiger partial charge in [-0.2, -0.15) is 5.26 Å². The molecule has 0 saturated carbocycles. The highest BCUT2D eigenvalue weighted by Crippen LogP contribution is 2.16. The highest BCUT2D eigenvalue weighted by atomic mass is 16.5. The van der Waals surface area contributed by atoms with Crippen molar-refractivity contribution < 1.29 is 14.6 Å². The predicted octanol–water partition coefficient (Wildman–Crippen LogP) is 1.18. The summed E-state index contributed by atoms with van der Waals surface area (Å²) in [6.45, 7) is 0.556. The number of carbonyl (C=O) groups is 1. The molecule has 0 spiro atoms. The Bertz CT molecular complexity index is 632. The fourth-order valence-electron chi connectivity index (χ4n) is 1.79. The first kappa shape index (κ1) is 15.5. The monoisotopic (exact) mass is 300 g/mol. The summed E-state index contributed by atoms with van der Waals surface area (Å²) in [6, 6.07) is 8.50. The number of carbonyl (C=O) groups excluding carboxylic acids is 1. The Balaban J connectivity index is 1.78. The first-order valence-electron chi connectivity index (χ1n) is 6.71. The number of nitrogens with zero attached hydrogens (tertiary/aromatic N) is 3. The molecule has 1 aromatic carbocycles. The summed E-state index contributed by atoms with van der Waals surface area (Å²) in [5.74, 6) is 0.231. The lowest BCUT2D eigenvalue weighted by Crippen LogP contribution is -2.23. The minimum atomic E-state index is -0.649. The van der Waals surface area contributed by atoms with Gasteiger partial charge in [0.25, 0.3) is 0 Å². The summed E-state index contributed by atoms with van der Waals surface area (Å²) >= 11 is 0. The molecule has 1 aromatic heterocycles. The van der Waals surface area contributed by atoms with Gasteiger partial charge in [-0.15, -0.1) is 0 Å². The minimum absolute atomic E-state index is 0.151. The van der Waals surface area contributed by atoms with Crippen molar-refractivity contribution in [2.45, 2.75) is 19.1 Å². The van der Waals surface area contributed by atoms with Gasteiger partial charge in [-0.1, -0.05) is 0 Å². The largest absolute Gasteiger partial charge is 0.491 e. The highest BCUT2D eigenvalue weighted by molar-refractivity contribution is 5.92. The Morgan fingerprint density at radius 1 is 1.45 bits per heavy atom. The molecule has 0 bridgehead atoms. The molecule has 2 N–H and O–H groups in total. The molecule has 7 nitrogen and oxygen atoms in total. The van der Waals surface area contributed by atoms with E-state index < -0.39 is 6.10 Å². The first-order chi connectivity index (χ1) is 10.7. The minimum Gasteiger partial charge on any atom is -0.491 e. The van der Waals surface area contributed by atoms with E-state index in [9.17, 15) is 9.90 Å². The summed E-state index contributed by atoms with van der Waals surface area (Å²) in [5.41, 5.74) is 0.589. The number of nitrogens with one attached hydrogen (secondary N) is 1. The molecule has 1 amide bonds. The number of nitriles is 1. The van der Waals surface area contributed by atoms with Gasteiger partial charge in [-0.25, -0.2) is 4.98 Å². The third kappa shape index (κ3) is 4.92. The van der Waals surface area contributed by atoms with E-state index in [-0.39, 0.29) is 18.9 Å². The van der Waals surface area contributed by atoms with E-state index in [0.29, 0.717) is 18.0 Å². The number of benzene rings is 1. The van der Waals surface area contributed by atoms with Gasteiger partial charge in [0.2, 0.25) is 5.91 Å². The van der Waals surface area contributed by atoms with Crippen molar-refractivity contribution >= 4 is 11.6 Å². The molecule has 0 fully saturated rings. The molecule has 2 rings (SSSR count). The van der Waals surface area contributed by atoms with Crippen LogP contribution in [-0.4, -0.2) is 33.3 Å². The summed E-state index contributed by atoms with van der Waals surface area (Å²) in [6.07, 6.45) is 4.21. The fourth-order valence-corrected chi connectivity index (χ4v) is 1.79. The van der Waals surface area contributed by atoms with Crippen LogP contribution in [0.3, 0.4) is 0 Å². The van der Waals surface area contributed by atoms with Gasteiger partial charge in [-0.05, 0) is 24.3 Å². The third-order valence-electron chi connectivity index (χ3n) is 2.80. The number of rotatable bonds is 7. The Morgan fingerprint density at radius 3 is 2.86 bits per heavy atom. The third-order valence-corrected chi connectivity index (χ3v) is 2.80. The van der Waals surface area contributed by atoms with Gasteiger partial charge in [0.15, 0.2) is 0 Å². The second-order valence-electron chi connectivity index (χ2n) is 4.63. The molecule has 0 aliphatic heterocycles. The van der Waals surface area contributed by atoms with Crippen LogP contribution in [0, 0.1) is 11.3 Å². The number of hydrogen-bond acceptors (Lipinski definition) is 5. The molecular weight excluding hydrogens is 284 g/mol. The van der Waals surface area contributed by atoms with Gasteiger partial charge >= 0.3 is 0 Å². The molecule has 0 aliphatic carbocycles. The molecule has 1 atom stereocenters. The van der Waals surface area contributed by atoms with Gasteiger partial charge in [0, 0.05) is 18.1 Å². The number of imidazole rings is 1. The van der Waals surface area contributed by atoms with E-state index in [1.807, 2.05) is 0 Å². The Hall–Kier alpha value is -2.85. The lowest BCUT2D eigenvalue weighted by Gasteiger charge is -2.13. The zero-order valence-electron chi connectivity index (χ0n) is 11.8. The van der Waals surface area contributed by atoms with E-state index in [0.717, 1.165) is 0 Å². The van der Waals surface area contributed by atoms with Gasteiger partial charge < -0.3 is 19.7 Å². The number of aliphatic hydroxyl groups is 1. The zero-order chi connectivity index (χ0) is 15.8. The maximum atomic E-state index is 11.3. The first-order valence-corrected chi connectivity index (χ1v) is 6.71. The van der Waals surface area contributed by atoms with Crippen molar-refractivity contribution in [3.63, 3.8) is 0 Å². The van der Waals surface area contributed by atoms with E-state index >= 15 is 0 Å². The lowest BCUT2D eigenvalue weighted by molar-refractivity contribution is -0.115. The predicted molar refractivity (Wildman–Crippen MR) is 79.0 cm³/mol. The number of aromatic nitrogens is 2. The lowest BCUT2D eigenvalue weighted by atomic mass is 10.3. The topological polar surface area (TPSA) is 100 Å². The quantitative estimate of drug-likeness (QED) is 0.799. The average Bonchev–Trinajstić information content (AvgIpc) is 3.00. The summed E-state index contributed by atoms with van der Waals surface area (Å²) in [5, 5.41) is 20.9. The van der Waals surface area contributed by atoms with Gasteiger partial charge in [0.1, 0.15) is 24.9 Å². The summed E-state index contributed by atoms with van der Waals surface area (Å²) < 4.78 is 7.24. The van der Waals surface area contributed by atoms with Crippen LogP contribution < -0.4 is 10.1 Å². The molecule has 1 unspecified atom stereocenters. The van der Waals surface area contributed by atoms with Crippen molar-refractivity contribution in [2.75, 3.05) is 11.9 Å². The molecule has 7 heteroatoms. The molecule has 0 saturated heterocycles. The number of aliphatic hydroxyl groups excluding tert-OH is 1. The summed E-state index contributed by atoms with van der Waals surface area (Å²) in [4.78, 5) is 15.2. The van der Waals surface area contributed by atoms with Crippen molar-refractivity contribution in [1.29, 1.82) is 5.26 Å². The SMILES string of the molecule is N#CCC(=O)Nc1ccc(OCC(O)Cn2ccnc2)cc1. The van der Waals surface area contributed by atoms with Gasteiger partial charge in [0.05, 0.1) is 18.9 Å². The molecule has 114 valence electrons. The van der Waals surface area contributed by atoms with Crippen LogP contribution in [0.15, 0.2) is 43.0 Å². The molecule has 22 heavy (non-hydrogen) atoms. The average molecular weight is 300 g/mol. The zero-order valence-corrected chi connectivity index (χ0v) is 11.8. The normalized spacial score (nSPS) is 11.5. The summed E-state index contributed by atoms with van der Waals surface area (Å²) in [7, 11) is 0. The van der Waals surface area contributed by atoms with Crippen LogP contribution in [0.2, 0.25) is 0 Å². The number of ether oxygens (including phenoxy) is 1. The van der Waals surface area contributed by atoms with Crippen LogP contribution >= 0.6 is 0 Å². The molecular formula is C15H16N4O3. The van der Waals surface area contributed by atoms with E-state index in [2.05, 4.69) is 10.3 Å². The van der Waals surface area contributed by atoms with Crippen molar-refractivity contribution in [3.05, 3.63) is 43.0 Å². The molecule has 0 aliphatic rings. The number of amides is 1. The Labute approximate surface area is 127 Å². The fraction of sp³-hybridized carbons (Fsp3) is 0.267. The van der Waals surface area contributed by atoms with E-state index in [4.69, 9.17) is 10.00 Å². The maximum absolute atomic E-state index is 11.3. The van der Waals surface area contributed by atoms with Crippen LogP contribution in [0.4, 0.5) is 5.69 Å². The van der Waals surface area contributed by atoms with Crippen LogP contribution in [0.25, 0.3) is 0 Å². The second kappa shape index (κ2) is 7.81. The molecule has 1 heterocycles. The van der Waals surface area contributed by atoms with E-state index in [1.54, 1.807) is 53.6 Å². The van der Waals surface area contributed by atoms with Crippen molar-refractivity contribution in [3.8, 4) is 11.8 Å². The highest BCUT2D eigenvalue weighted by Gasteiger charge is 2.06. The number of hydrogen-bond donors (Lipinski definition) is 2. The molecule has 0 radical (unpaired) electrons. The van der Waals surface area contributed by atoms with Crippen LogP contribution in [0.1, 0.15) is 6.42 Å². The smallest absolute Gasteiger partial charge is 0.238 e. The van der Waals surface area contributed by atoms with Crippen molar-refractivity contribution in [2.24, 2.45) is 0 Å². The number of anilines is 1. The van der Waals surface area contributed by atoms with Gasteiger partial charge in [-0.3, -0.25) is 4.79 Å². The van der Waals surface area contributed by atoms with Crippen molar-refractivity contribution in [1.82, 2.24) is 9.55 Å². The Kier molecular flexibility index (Phi) is 5.51. The van der Waals surface area contributed by atoms with E-state index in [1.165, 1.54) is 0 Å². The maximum Gasteiger partial charge on any atom is 0.238 e. The Morgan fingerprint density at radius 2 is 2.23 bits per heavy atom. The molecule has 2 aromatic rings. The van der Waals surface area contributed by atoms with Crippen LogP contribution in [-0.2, 0) is 11.3 Å². The van der Waals surface area contributed by atoms with Crippen LogP contribution in [0.5, 0.6) is 5.75 Å². The standard InChI is InChI=1S/C15H16N4O3/c16-6-5-15(21)18-12-1-3-14(4-2-12)22-10-13(20)9-19-8-7-17-11-19/h1-4,7-8,11,13,20H,5,9-10H2,(H,18,21). The second-order valence-corrected chi connectivity index (χ2v) is 4.63.